The summed E-state index contributed by atoms with van der Waals surface area (Å²) >= 11 is 6.14. The van der Waals surface area contributed by atoms with Crippen LogP contribution in [0.25, 0.3) is 11.1 Å². The molecule has 1 aliphatic rings. The van der Waals surface area contributed by atoms with Gasteiger partial charge in [0.1, 0.15) is 5.75 Å². The molecule has 3 aromatic carbocycles. The number of halogens is 1. The Balaban J connectivity index is 1.95. The molecule has 0 fully saturated rings. The van der Waals surface area contributed by atoms with Crippen molar-refractivity contribution in [3.05, 3.63) is 81.9 Å². The lowest BCUT2D eigenvalue weighted by atomic mass is 10.0. The zero-order valence-electron chi connectivity index (χ0n) is 15.2. The number of fused-ring (bicyclic) bond motifs is 3. The van der Waals surface area contributed by atoms with E-state index in [4.69, 9.17) is 16.1 Å². The molecule has 0 aliphatic carbocycles. The van der Waals surface area contributed by atoms with Crippen LogP contribution in [0.4, 0.5) is 0 Å². The van der Waals surface area contributed by atoms with E-state index in [9.17, 15) is 9.36 Å². The second-order valence-electron chi connectivity index (χ2n) is 6.88. The summed E-state index contributed by atoms with van der Waals surface area (Å²) < 4.78 is 19.9. The standard InChI is InChI=1S/C22H18ClO3P/c1-13-10-14(2)21(15(3)11-13)22(24)27(25)20-7-5-4-6-17(20)18-12-16(23)8-9-19(18)26-27/h4-12H,1-3H3. The molecular formula is C22H18ClO3P. The van der Waals surface area contributed by atoms with Crippen LogP contribution in [0.2, 0.25) is 5.02 Å². The maximum atomic E-state index is 14.0. The Hall–Kier alpha value is -2.35. The van der Waals surface area contributed by atoms with Gasteiger partial charge in [-0.1, -0.05) is 47.5 Å². The van der Waals surface area contributed by atoms with Crippen LogP contribution >= 0.6 is 19.0 Å². The van der Waals surface area contributed by atoms with Gasteiger partial charge in [-0.15, -0.1) is 0 Å². The maximum absolute atomic E-state index is 14.0. The monoisotopic (exact) mass is 396 g/mol. The Morgan fingerprint density at radius 2 is 1.59 bits per heavy atom. The van der Waals surface area contributed by atoms with Crippen molar-refractivity contribution in [2.75, 3.05) is 0 Å². The zero-order valence-corrected chi connectivity index (χ0v) is 16.9. The average Bonchev–Trinajstić information content (AvgIpc) is 2.62. The van der Waals surface area contributed by atoms with E-state index in [1.54, 1.807) is 30.3 Å². The molecule has 1 atom stereocenters. The molecule has 1 heterocycles. The lowest BCUT2D eigenvalue weighted by molar-refractivity contribution is 0.106. The van der Waals surface area contributed by atoms with Gasteiger partial charge < -0.3 is 4.52 Å². The predicted molar refractivity (Wildman–Crippen MR) is 110 cm³/mol. The van der Waals surface area contributed by atoms with E-state index in [2.05, 4.69) is 0 Å². The lowest BCUT2D eigenvalue weighted by Gasteiger charge is -2.28. The van der Waals surface area contributed by atoms with Crippen LogP contribution in [-0.4, -0.2) is 5.52 Å². The Bertz CT molecular complexity index is 1130. The van der Waals surface area contributed by atoms with Gasteiger partial charge in [-0.25, -0.2) is 0 Å². The minimum absolute atomic E-state index is 0.414. The van der Waals surface area contributed by atoms with Crippen molar-refractivity contribution in [3.63, 3.8) is 0 Å². The number of benzene rings is 3. The van der Waals surface area contributed by atoms with Crippen LogP contribution < -0.4 is 9.83 Å². The quantitative estimate of drug-likeness (QED) is 0.494. The van der Waals surface area contributed by atoms with Crippen molar-refractivity contribution in [2.45, 2.75) is 20.8 Å². The summed E-state index contributed by atoms with van der Waals surface area (Å²) in [4.78, 5) is 13.5. The van der Waals surface area contributed by atoms with Crippen LogP contribution in [0.1, 0.15) is 27.0 Å². The summed E-state index contributed by atoms with van der Waals surface area (Å²) in [5.41, 5.74) is 4.13. The fourth-order valence-corrected chi connectivity index (χ4v) is 6.20. The number of rotatable bonds is 2. The maximum Gasteiger partial charge on any atom is 0.347 e. The Morgan fingerprint density at radius 1 is 0.926 bits per heavy atom. The van der Waals surface area contributed by atoms with E-state index >= 15 is 0 Å². The van der Waals surface area contributed by atoms with Gasteiger partial charge in [-0.2, -0.15) is 0 Å². The molecule has 0 aromatic heterocycles. The fraction of sp³-hybridized carbons (Fsp3) is 0.136. The number of hydrogen-bond donors (Lipinski definition) is 0. The van der Waals surface area contributed by atoms with Crippen LogP contribution in [-0.2, 0) is 4.57 Å². The Kier molecular flexibility index (Phi) is 4.25. The molecule has 0 bridgehead atoms. The first kappa shape index (κ1) is 18.0. The van der Waals surface area contributed by atoms with Gasteiger partial charge in [0.05, 0.1) is 5.30 Å². The molecule has 1 unspecified atom stereocenters. The van der Waals surface area contributed by atoms with Crippen molar-refractivity contribution in [2.24, 2.45) is 0 Å². The average molecular weight is 397 g/mol. The molecule has 0 saturated heterocycles. The zero-order chi connectivity index (χ0) is 19.3. The lowest BCUT2D eigenvalue weighted by Crippen LogP contribution is -2.24. The summed E-state index contributed by atoms with van der Waals surface area (Å²) in [6, 6.07) is 16.1. The van der Waals surface area contributed by atoms with Crippen molar-refractivity contribution in [1.82, 2.24) is 0 Å². The molecule has 3 nitrogen and oxygen atoms in total. The third-order valence-electron chi connectivity index (χ3n) is 4.84. The van der Waals surface area contributed by atoms with Gasteiger partial charge in [0.25, 0.3) is 5.52 Å². The van der Waals surface area contributed by atoms with Crippen molar-refractivity contribution < 1.29 is 13.9 Å². The van der Waals surface area contributed by atoms with Crippen LogP contribution in [0.15, 0.2) is 54.6 Å². The largest absolute Gasteiger partial charge is 0.434 e. The van der Waals surface area contributed by atoms with E-state index in [0.717, 1.165) is 27.8 Å². The summed E-state index contributed by atoms with van der Waals surface area (Å²) in [7, 11) is -3.81. The van der Waals surface area contributed by atoms with Gasteiger partial charge in [0.2, 0.25) is 0 Å². The molecule has 3 aromatic rings. The third-order valence-corrected chi connectivity index (χ3v) is 7.31. The summed E-state index contributed by atoms with van der Waals surface area (Å²) in [6.45, 7) is 5.70. The number of aryl methyl sites for hydroxylation is 3. The van der Waals surface area contributed by atoms with Crippen LogP contribution in [0.3, 0.4) is 0 Å². The highest BCUT2D eigenvalue weighted by atomic mass is 35.5. The Labute approximate surface area is 163 Å². The topological polar surface area (TPSA) is 43.4 Å². The second kappa shape index (κ2) is 6.37. The number of hydrogen-bond acceptors (Lipinski definition) is 3. The van der Waals surface area contributed by atoms with Gasteiger partial charge in [0, 0.05) is 16.1 Å². The predicted octanol–water partition coefficient (Wildman–Crippen LogP) is 6.07. The summed E-state index contributed by atoms with van der Waals surface area (Å²) in [5.74, 6) is 0.414. The van der Waals surface area contributed by atoms with Gasteiger partial charge in [0.15, 0.2) is 0 Å². The summed E-state index contributed by atoms with van der Waals surface area (Å²) in [5, 5.41) is 0.976. The normalized spacial score (nSPS) is 17.6. The molecule has 0 saturated carbocycles. The molecule has 0 amide bonds. The van der Waals surface area contributed by atoms with Gasteiger partial charge in [-0.05, 0) is 61.7 Å². The highest BCUT2D eigenvalue weighted by molar-refractivity contribution is 7.84. The molecule has 4 rings (SSSR count). The number of carbonyl (C=O) groups is 1. The van der Waals surface area contributed by atoms with E-state index in [0.29, 0.717) is 21.6 Å². The molecule has 1 aliphatic heterocycles. The van der Waals surface area contributed by atoms with Crippen molar-refractivity contribution in [1.29, 1.82) is 0 Å². The SMILES string of the molecule is Cc1cc(C)c(C(=O)P2(=O)Oc3ccc(Cl)cc3-c3ccccc32)c(C)c1. The molecule has 136 valence electrons. The third kappa shape index (κ3) is 2.82. The molecule has 5 heteroatoms. The number of carbonyl (C=O) groups excluding carboxylic acids is 1. The second-order valence-corrected chi connectivity index (χ2v) is 9.49. The molecule has 0 spiro atoms. The van der Waals surface area contributed by atoms with Gasteiger partial charge >= 0.3 is 7.37 Å². The van der Waals surface area contributed by atoms with E-state index in [-0.39, 0.29) is 0 Å². The highest BCUT2D eigenvalue weighted by Gasteiger charge is 2.44. The molecule has 27 heavy (non-hydrogen) atoms. The van der Waals surface area contributed by atoms with Crippen molar-refractivity contribution >= 4 is 29.8 Å². The first-order valence-electron chi connectivity index (χ1n) is 8.63. The molecule has 0 N–H and O–H groups in total. The van der Waals surface area contributed by atoms with E-state index in [1.165, 1.54) is 0 Å². The summed E-state index contributed by atoms with van der Waals surface area (Å²) in [6.07, 6.45) is 0. The van der Waals surface area contributed by atoms with Crippen LogP contribution in [0.5, 0.6) is 5.75 Å². The smallest absolute Gasteiger partial charge is 0.347 e. The minimum Gasteiger partial charge on any atom is -0.434 e. The molecular weight excluding hydrogens is 379 g/mol. The Morgan fingerprint density at radius 3 is 2.30 bits per heavy atom. The van der Waals surface area contributed by atoms with E-state index in [1.807, 2.05) is 45.0 Å². The van der Waals surface area contributed by atoms with Crippen molar-refractivity contribution in [3.8, 4) is 16.9 Å². The molecule has 0 radical (unpaired) electrons. The van der Waals surface area contributed by atoms with E-state index < -0.39 is 12.9 Å². The van der Waals surface area contributed by atoms with Crippen LogP contribution in [0, 0.1) is 20.8 Å². The van der Waals surface area contributed by atoms with Gasteiger partial charge in [-0.3, -0.25) is 9.36 Å². The highest BCUT2D eigenvalue weighted by Crippen LogP contribution is 2.57. The first-order valence-corrected chi connectivity index (χ1v) is 10.6. The fourth-order valence-electron chi connectivity index (χ4n) is 3.75. The first-order chi connectivity index (χ1) is 12.8. The minimum atomic E-state index is -3.81.